The van der Waals surface area contributed by atoms with Crippen LogP contribution in [0.3, 0.4) is 0 Å². The lowest BCUT2D eigenvalue weighted by atomic mass is 9.95. The van der Waals surface area contributed by atoms with E-state index >= 15 is 0 Å². The van der Waals surface area contributed by atoms with Crippen LogP contribution in [0.5, 0.6) is 11.5 Å². The highest BCUT2D eigenvalue weighted by atomic mass is 32.2. The van der Waals surface area contributed by atoms with Crippen LogP contribution in [-0.2, 0) is 17.9 Å². The van der Waals surface area contributed by atoms with Crippen molar-refractivity contribution in [2.45, 2.75) is 45.2 Å². The fraction of sp³-hybridized carbons (Fsp3) is 0.458. The van der Waals surface area contributed by atoms with Gasteiger partial charge in [-0.2, -0.15) is 4.98 Å². The third kappa shape index (κ3) is 6.85. The number of unbranched alkanes of at least 4 members (excludes halogenated alkanes) is 1. The molecule has 3 aromatic rings. The molecule has 0 radical (unpaired) electrons. The highest BCUT2D eigenvalue weighted by Gasteiger charge is 2.27. The van der Waals surface area contributed by atoms with Crippen LogP contribution in [0.1, 0.15) is 38.7 Å². The summed E-state index contributed by atoms with van der Waals surface area (Å²) in [5, 5.41) is 6.88. The number of ether oxygens (including phenoxy) is 2. The summed E-state index contributed by atoms with van der Waals surface area (Å²) in [6, 6.07) is 9.45. The topological polar surface area (TPSA) is 116 Å². The first-order chi connectivity index (χ1) is 16.4. The van der Waals surface area contributed by atoms with Gasteiger partial charge in [-0.3, -0.25) is 4.98 Å². The number of aromatic nitrogens is 3. The van der Waals surface area contributed by atoms with Crippen LogP contribution in [0.25, 0.3) is 11.0 Å². The predicted octanol–water partition coefficient (Wildman–Crippen LogP) is 3.90. The number of hydrogen-bond acceptors (Lipinski definition) is 9. The molecular formula is C24H34N6O3S. The summed E-state index contributed by atoms with van der Waals surface area (Å²) in [7, 11) is 3.26. The number of anilines is 2. The Balaban J connectivity index is 1.89. The summed E-state index contributed by atoms with van der Waals surface area (Å²) in [5.74, 6) is 2.56. The molecule has 0 saturated carbocycles. The first kappa shape index (κ1) is 25.8. The van der Waals surface area contributed by atoms with Gasteiger partial charge in [0.05, 0.1) is 31.8 Å². The molecule has 2 heterocycles. The van der Waals surface area contributed by atoms with Gasteiger partial charge < -0.3 is 24.7 Å². The van der Waals surface area contributed by atoms with Gasteiger partial charge in [-0.1, -0.05) is 19.8 Å². The zero-order valence-corrected chi connectivity index (χ0v) is 21.3. The number of nitrogens with one attached hydrogen (secondary N) is 3. The first-order valence-corrected chi connectivity index (χ1v) is 12.9. The minimum absolute atomic E-state index is 0.364. The Hall–Kier alpha value is -2.82. The highest BCUT2D eigenvalue weighted by molar-refractivity contribution is 7.88. The third-order valence-corrected chi connectivity index (χ3v) is 6.10. The Labute approximate surface area is 204 Å². The fourth-order valence-electron chi connectivity index (χ4n) is 3.61. The molecule has 3 N–H and O–H groups in total. The normalized spacial score (nSPS) is 13.8. The van der Waals surface area contributed by atoms with E-state index in [0.717, 1.165) is 41.8 Å². The van der Waals surface area contributed by atoms with E-state index in [9.17, 15) is 4.55 Å². The summed E-state index contributed by atoms with van der Waals surface area (Å²) in [5.41, 5.74) is 2.01. The second-order valence-corrected chi connectivity index (χ2v) is 9.56. The largest absolute Gasteiger partial charge is 0.598 e. The average molecular weight is 487 g/mol. The van der Waals surface area contributed by atoms with Crippen molar-refractivity contribution in [2.75, 3.05) is 37.7 Å². The maximum Gasteiger partial charge on any atom is 0.225 e. The number of benzene rings is 1. The van der Waals surface area contributed by atoms with Crippen molar-refractivity contribution in [3.63, 3.8) is 0 Å². The molecule has 0 aliphatic rings. The van der Waals surface area contributed by atoms with E-state index in [1.807, 2.05) is 30.3 Å². The number of methoxy groups -OCH3 is 2. The molecule has 0 saturated heterocycles. The molecule has 0 aliphatic heterocycles. The lowest BCUT2D eigenvalue weighted by molar-refractivity contribution is 0.391. The lowest BCUT2D eigenvalue weighted by Gasteiger charge is -2.31. The molecule has 2 aromatic heterocycles. The van der Waals surface area contributed by atoms with E-state index < -0.39 is 11.4 Å². The highest BCUT2D eigenvalue weighted by Crippen LogP contribution is 2.28. The van der Waals surface area contributed by atoms with Crippen LogP contribution in [0.2, 0.25) is 0 Å². The van der Waals surface area contributed by atoms with E-state index in [4.69, 9.17) is 14.5 Å². The molecule has 0 spiro atoms. The summed E-state index contributed by atoms with van der Waals surface area (Å²) < 4.78 is 25.5. The van der Waals surface area contributed by atoms with Gasteiger partial charge in [0, 0.05) is 35.7 Å². The molecule has 0 amide bonds. The Morgan fingerprint density at radius 3 is 2.68 bits per heavy atom. The third-order valence-electron chi connectivity index (χ3n) is 5.55. The number of nitrogens with zero attached hydrogens (tertiary/aromatic N) is 3. The molecular weight excluding hydrogens is 452 g/mol. The maximum atomic E-state index is 11.7. The Kier molecular flexibility index (Phi) is 9.14. The quantitative estimate of drug-likeness (QED) is 0.309. The lowest BCUT2D eigenvalue weighted by Crippen LogP contribution is -2.46. The minimum atomic E-state index is -1.11. The van der Waals surface area contributed by atoms with Gasteiger partial charge in [0.2, 0.25) is 5.95 Å². The van der Waals surface area contributed by atoms with Crippen LogP contribution in [0.15, 0.2) is 36.5 Å². The molecule has 184 valence electrons. The average Bonchev–Trinajstić information content (AvgIpc) is 2.85. The van der Waals surface area contributed by atoms with Crippen molar-refractivity contribution in [3.05, 3.63) is 42.1 Å². The van der Waals surface area contributed by atoms with Crippen molar-refractivity contribution < 1.29 is 14.0 Å². The van der Waals surface area contributed by atoms with Crippen LogP contribution in [-0.4, -0.2) is 52.1 Å². The maximum absolute atomic E-state index is 11.7. The molecule has 1 aromatic carbocycles. The van der Waals surface area contributed by atoms with Crippen LogP contribution in [0, 0.1) is 0 Å². The summed E-state index contributed by atoms with van der Waals surface area (Å²) in [6.07, 6.45) is 6.34. The van der Waals surface area contributed by atoms with Gasteiger partial charge >= 0.3 is 0 Å². The van der Waals surface area contributed by atoms with E-state index in [1.165, 1.54) is 0 Å². The van der Waals surface area contributed by atoms with E-state index in [2.05, 4.69) is 39.2 Å². The zero-order valence-electron chi connectivity index (χ0n) is 20.5. The van der Waals surface area contributed by atoms with Gasteiger partial charge in [0.15, 0.2) is 5.82 Å². The minimum Gasteiger partial charge on any atom is -0.598 e. The fourth-order valence-corrected chi connectivity index (χ4v) is 4.14. The van der Waals surface area contributed by atoms with E-state index in [1.54, 1.807) is 26.7 Å². The number of rotatable bonds is 13. The van der Waals surface area contributed by atoms with Crippen molar-refractivity contribution in [3.8, 4) is 11.5 Å². The summed E-state index contributed by atoms with van der Waals surface area (Å²) in [4.78, 5) is 13.9. The predicted molar refractivity (Wildman–Crippen MR) is 138 cm³/mol. The smallest absolute Gasteiger partial charge is 0.225 e. The Morgan fingerprint density at radius 2 is 1.97 bits per heavy atom. The van der Waals surface area contributed by atoms with Crippen LogP contribution >= 0.6 is 0 Å². The zero-order chi connectivity index (χ0) is 24.6. The molecule has 9 nitrogen and oxygen atoms in total. The van der Waals surface area contributed by atoms with Gasteiger partial charge in [-0.05, 0) is 37.6 Å². The summed E-state index contributed by atoms with van der Waals surface area (Å²) >= 11 is -1.11. The van der Waals surface area contributed by atoms with Crippen LogP contribution < -0.4 is 24.8 Å². The number of pyridine rings is 1. The molecule has 0 fully saturated rings. The van der Waals surface area contributed by atoms with Crippen molar-refractivity contribution in [1.29, 1.82) is 0 Å². The number of hydrogen-bond donors (Lipinski definition) is 3. The second-order valence-electron chi connectivity index (χ2n) is 8.36. The second kappa shape index (κ2) is 12.0. The molecule has 2 atom stereocenters. The molecule has 10 heteroatoms. The molecule has 0 aliphatic carbocycles. The first-order valence-electron chi connectivity index (χ1n) is 11.3. The van der Waals surface area contributed by atoms with Gasteiger partial charge in [0.1, 0.15) is 23.3 Å². The standard InChI is InChI=1S/C24H34N6O3S/c1-6-7-12-24(2,16-27-34(5)31)30-22-21-19(9-8-13-25-21)28-23(29-22)26-15-17-10-11-18(32-3)14-20(17)33-4/h8-11,13-14,27H,6-7,12,15-16H2,1-5H3,(H2,26,28,29,30). The Bertz CT molecular complexity index is 1080. The van der Waals surface area contributed by atoms with Gasteiger partial charge in [0.25, 0.3) is 0 Å². The van der Waals surface area contributed by atoms with Crippen LogP contribution in [0.4, 0.5) is 11.8 Å². The molecule has 2 unspecified atom stereocenters. The summed E-state index contributed by atoms with van der Waals surface area (Å²) in [6.45, 7) is 5.26. The van der Waals surface area contributed by atoms with Gasteiger partial charge in [-0.15, -0.1) is 4.72 Å². The van der Waals surface area contributed by atoms with E-state index in [-0.39, 0.29) is 5.54 Å². The monoisotopic (exact) mass is 486 g/mol. The van der Waals surface area contributed by atoms with Crippen molar-refractivity contribution >= 4 is 34.2 Å². The van der Waals surface area contributed by atoms with E-state index in [0.29, 0.717) is 30.4 Å². The Morgan fingerprint density at radius 1 is 1.15 bits per heavy atom. The van der Waals surface area contributed by atoms with Gasteiger partial charge in [-0.25, -0.2) is 4.98 Å². The van der Waals surface area contributed by atoms with Crippen molar-refractivity contribution in [1.82, 2.24) is 19.7 Å². The molecule has 0 bridgehead atoms. The molecule has 3 rings (SSSR count). The SMILES string of the molecule is CCCCC(C)(CN[S+](C)[O-])Nc1nc(NCc2ccc(OC)cc2OC)nc2cccnc12. The number of fused-ring (bicyclic) bond motifs is 1. The van der Waals surface area contributed by atoms with Crippen molar-refractivity contribution in [2.24, 2.45) is 0 Å². The molecule has 34 heavy (non-hydrogen) atoms.